The van der Waals surface area contributed by atoms with Crippen LogP contribution in [0, 0.1) is 11.8 Å². The van der Waals surface area contributed by atoms with E-state index in [2.05, 4.69) is 18.0 Å². The molecule has 1 saturated heterocycles. The van der Waals surface area contributed by atoms with Gasteiger partial charge in [-0.2, -0.15) is 0 Å². The average Bonchev–Trinajstić information content (AvgIpc) is 2.94. The summed E-state index contributed by atoms with van der Waals surface area (Å²) >= 11 is 0. The van der Waals surface area contributed by atoms with E-state index in [1.807, 2.05) is 6.07 Å². The minimum Gasteiger partial charge on any atom is -0.493 e. The van der Waals surface area contributed by atoms with Crippen molar-refractivity contribution in [3.05, 3.63) is 23.3 Å². The van der Waals surface area contributed by atoms with Crippen LogP contribution in [0.4, 0.5) is 0 Å². The predicted molar refractivity (Wildman–Crippen MR) is 92.7 cm³/mol. The molecule has 4 aliphatic rings. The van der Waals surface area contributed by atoms with Crippen LogP contribution < -0.4 is 9.47 Å². The highest BCUT2D eigenvalue weighted by molar-refractivity contribution is 5.90. The maximum Gasteiger partial charge on any atom is 0.303 e. The first-order valence-electron chi connectivity index (χ1n) is 9.29. The number of carbonyl (C=O) groups excluding carboxylic acids is 1. The lowest BCUT2D eigenvalue weighted by atomic mass is 9.48. The van der Waals surface area contributed by atoms with Gasteiger partial charge < -0.3 is 19.5 Å². The molecule has 0 aromatic heterocycles. The minimum absolute atomic E-state index is 0.0434. The van der Waals surface area contributed by atoms with Crippen LogP contribution in [0.3, 0.4) is 0 Å². The van der Waals surface area contributed by atoms with Crippen LogP contribution in [0.2, 0.25) is 0 Å². The van der Waals surface area contributed by atoms with Gasteiger partial charge in [0.15, 0.2) is 23.4 Å². The normalized spacial score (nSPS) is 37.1. The summed E-state index contributed by atoms with van der Waals surface area (Å²) in [6.45, 7) is 0.893. The molecule has 3 unspecified atom stereocenters. The van der Waals surface area contributed by atoms with Crippen LogP contribution in [0.25, 0.3) is 0 Å². The van der Waals surface area contributed by atoms with Crippen molar-refractivity contribution in [3.63, 3.8) is 0 Å². The van der Waals surface area contributed by atoms with E-state index < -0.39 is 17.5 Å². The summed E-state index contributed by atoms with van der Waals surface area (Å²) in [5.74, 6) is 0.591. The Morgan fingerprint density at radius 2 is 2.23 bits per heavy atom. The van der Waals surface area contributed by atoms with Crippen LogP contribution in [0.15, 0.2) is 12.1 Å². The Labute approximate surface area is 152 Å². The summed E-state index contributed by atoms with van der Waals surface area (Å²) in [7, 11) is 3.74. The van der Waals surface area contributed by atoms with Gasteiger partial charge in [-0.1, -0.05) is 6.07 Å². The standard InChI is InChI=1S/C20H23NO5/c1-21-6-5-20-16-11(9-15(23)24)8-13(22)19(20)26-18-14(25-2)4-3-10(17(18)20)7-12(16)21/h3-4,11-12,16,19H,5-9H2,1-2H3,(H,23,24)/t11-,12?,16?,19+,20?/m1/s1. The summed E-state index contributed by atoms with van der Waals surface area (Å²) < 4.78 is 11.8. The summed E-state index contributed by atoms with van der Waals surface area (Å²) in [6.07, 6.45) is 1.53. The molecule has 1 spiro atoms. The Morgan fingerprint density at radius 3 is 2.96 bits per heavy atom. The third-order valence-electron chi connectivity index (χ3n) is 7.18. The number of benzene rings is 1. The molecular formula is C20H23NO5. The molecule has 1 aromatic rings. The second-order valence-electron chi connectivity index (χ2n) is 8.23. The first-order valence-corrected chi connectivity index (χ1v) is 9.29. The second-order valence-corrected chi connectivity index (χ2v) is 8.23. The van der Waals surface area contributed by atoms with E-state index >= 15 is 0 Å². The molecule has 6 heteroatoms. The Bertz CT molecular complexity index is 821. The van der Waals surface area contributed by atoms with Crippen molar-refractivity contribution in [2.45, 2.75) is 43.2 Å². The van der Waals surface area contributed by atoms with Crippen LogP contribution in [-0.2, 0) is 21.4 Å². The molecule has 26 heavy (non-hydrogen) atoms. The number of Topliss-reactive ketones (excluding diaryl/α,β-unsaturated/α-hetero) is 1. The van der Waals surface area contributed by atoms with E-state index in [-0.39, 0.29) is 30.1 Å². The molecule has 2 heterocycles. The number of methoxy groups -OCH3 is 1. The monoisotopic (exact) mass is 357 g/mol. The fourth-order valence-corrected chi connectivity index (χ4v) is 6.34. The molecule has 2 fully saturated rings. The fourth-order valence-electron chi connectivity index (χ4n) is 6.34. The zero-order valence-corrected chi connectivity index (χ0v) is 15.0. The SMILES string of the molecule is COc1ccc2c3c1O[C@H]1C(=O)C[C@H](CC(=O)O)C4C(C2)N(C)CCC341. The number of rotatable bonds is 3. The summed E-state index contributed by atoms with van der Waals surface area (Å²) in [5, 5.41) is 9.45. The highest BCUT2D eigenvalue weighted by atomic mass is 16.5. The number of carbonyl (C=O) groups is 2. The molecule has 2 aliphatic carbocycles. The number of ether oxygens (including phenoxy) is 2. The highest BCUT2D eigenvalue weighted by Gasteiger charge is 2.68. The van der Waals surface area contributed by atoms with E-state index in [0.717, 1.165) is 24.9 Å². The van der Waals surface area contributed by atoms with Crippen LogP contribution in [0.5, 0.6) is 11.5 Å². The van der Waals surface area contributed by atoms with Crippen molar-refractivity contribution in [1.82, 2.24) is 4.90 Å². The molecule has 1 N–H and O–H groups in total. The van der Waals surface area contributed by atoms with Gasteiger partial charge in [0.25, 0.3) is 0 Å². The van der Waals surface area contributed by atoms with Gasteiger partial charge in [-0.05, 0) is 49.9 Å². The molecule has 138 valence electrons. The van der Waals surface area contributed by atoms with Gasteiger partial charge in [-0.15, -0.1) is 0 Å². The number of nitrogens with zero attached hydrogens (tertiary/aromatic N) is 1. The molecule has 2 aliphatic heterocycles. The van der Waals surface area contributed by atoms with Gasteiger partial charge in [0.05, 0.1) is 7.11 Å². The topological polar surface area (TPSA) is 76.1 Å². The smallest absolute Gasteiger partial charge is 0.303 e. The third-order valence-corrected chi connectivity index (χ3v) is 7.18. The molecule has 6 nitrogen and oxygen atoms in total. The maximum atomic E-state index is 13.0. The average molecular weight is 357 g/mol. The number of ketones is 1. The number of hydrogen-bond donors (Lipinski definition) is 1. The summed E-state index contributed by atoms with van der Waals surface area (Å²) in [4.78, 5) is 26.9. The third kappa shape index (κ3) is 1.80. The van der Waals surface area contributed by atoms with Crippen molar-refractivity contribution < 1.29 is 24.2 Å². The number of hydrogen-bond acceptors (Lipinski definition) is 5. The number of likely N-dealkylation sites (tertiary alicyclic amines) is 1. The maximum absolute atomic E-state index is 13.0. The number of aliphatic carboxylic acids is 1. The largest absolute Gasteiger partial charge is 0.493 e. The van der Waals surface area contributed by atoms with E-state index in [9.17, 15) is 14.7 Å². The van der Waals surface area contributed by atoms with Gasteiger partial charge in [-0.25, -0.2) is 0 Å². The lowest BCUT2D eigenvalue weighted by Gasteiger charge is -2.59. The predicted octanol–water partition coefficient (Wildman–Crippen LogP) is 1.63. The Hall–Kier alpha value is -2.08. The highest BCUT2D eigenvalue weighted by Crippen LogP contribution is 2.64. The first-order chi connectivity index (χ1) is 12.5. The van der Waals surface area contributed by atoms with Crippen molar-refractivity contribution in [3.8, 4) is 11.5 Å². The van der Waals surface area contributed by atoms with E-state index in [1.165, 1.54) is 5.56 Å². The number of carboxylic acids is 1. The fraction of sp³-hybridized carbons (Fsp3) is 0.600. The Morgan fingerprint density at radius 1 is 1.42 bits per heavy atom. The molecule has 2 bridgehead atoms. The van der Waals surface area contributed by atoms with Gasteiger partial charge in [-0.3, -0.25) is 9.59 Å². The van der Waals surface area contributed by atoms with E-state index in [4.69, 9.17) is 9.47 Å². The second kappa shape index (κ2) is 5.22. The first kappa shape index (κ1) is 16.1. The molecule has 0 radical (unpaired) electrons. The number of piperidine rings is 1. The number of likely N-dealkylation sites (N-methyl/N-ethyl adjacent to an activating group) is 1. The molecule has 5 rings (SSSR count). The van der Waals surface area contributed by atoms with Crippen molar-refractivity contribution in [2.75, 3.05) is 20.7 Å². The zero-order valence-electron chi connectivity index (χ0n) is 15.0. The van der Waals surface area contributed by atoms with Crippen LogP contribution in [-0.4, -0.2) is 54.6 Å². The Kier molecular flexibility index (Phi) is 3.24. The van der Waals surface area contributed by atoms with Crippen molar-refractivity contribution >= 4 is 11.8 Å². The molecule has 5 atom stereocenters. The lowest BCUT2D eigenvalue weighted by Crippen LogP contribution is -2.68. The van der Waals surface area contributed by atoms with E-state index in [0.29, 0.717) is 17.9 Å². The van der Waals surface area contributed by atoms with Crippen LogP contribution in [0.1, 0.15) is 30.4 Å². The van der Waals surface area contributed by atoms with Crippen molar-refractivity contribution in [1.29, 1.82) is 0 Å². The minimum atomic E-state index is -0.825. The van der Waals surface area contributed by atoms with Gasteiger partial charge in [0.1, 0.15) is 0 Å². The molecule has 1 saturated carbocycles. The van der Waals surface area contributed by atoms with Gasteiger partial charge >= 0.3 is 5.97 Å². The van der Waals surface area contributed by atoms with Crippen LogP contribution >= 0.6 is 0 Å². The van der Waals surface area contributed by atoms with Crippen molar-refractivity contribution in [2.24, 2.45) is 11.8 Å². The molecular weight excluding hydrogens is 334 g/mol. The molecule has 0 amide bonds. The summed E-state index contributed by atoms with van der Waals surface area (Å²) in [5.41, 5.74) is 1.95. The Balaban J connectivity index is 1.76. The zero-order chi connectivity index (χ0) is 18.2. The lowest BCUT2D eigenvalue weighted by molar-refractivity contribution is -0.149. The molecule has 1 aromatic carbocycles. The van der Waals surface area contributed by atoms with E-state index in [1.54, 1.807) is 7.11 Å². The number of carboxylic acid groups (broad SMARTS) is 1. The summed E-state index contributed by atoms with van der Waals surface area (Å²) in [6, 6.07) is 4.27. The quantitative estimate of drug-likeness (QED) is 0.886. The van der Waals surface area contributed by atoms with Gasteiger partial charge in [0.2, 0.25) is 0 Å². The van der Waals surface area contributed by atoms with Gasteiger partial charge in [0, 0.05) is 29.9 Å².